The lowest BCUT2D eigenvalue weighted by atomic mass is 10.4. The molecular formula is C8H10N2O. The molecule has 1 aromatic heterocycles. The SMILES string of the molecule is CCn1cncc1/C=C/C=O. The lowest BCUT2D eigenvalue weighted by molar-refractivity contribution is -0.104. The van der Waals surface area contributed by atoms with E-state index in [4.69, 9.17) is 0 Å². The first-order valence-electron chi connectivity index (χ1n) is 3.50. The highest BCUT2D eigenvalue weighted by atomic mass is 16.1. The minimum atomic E-state index is 0.757. The van der Waals surface area contributed by atoms with Crippen molar-refractivity contribution in [2.45, 2.75) is 13.5 Å². The molecule has 0 aromatic carbocycles. The van der Waals surface area contributed by atoms with E-state index >= 15 is 0 Å². The van der Waals surface area contributed by atoms with Crippen LogP contribution in [0.4, 0.5) is 0 Å². The molecule has 0 bridgehead atoms. The van der Waals surface area contributed by atoms with Gasteiger partial charge in [0, 0.05) is 6.54 Å². The van der Waals surface area contributed by atoms with Crippen LogP contribution in [0.2, 0.25) is 0 Å². The largest absolute Gasteiger partial charge is 0.331 e. The lowest BCUT2D eigenvalue weighted by Crippen LogP contribution is -1.93. The zero-order valence-corrected chi connectivity index (χ0v) is 6.40. The second-order valence-corrected chi connectivity index (χ2v) is 2.10. The minimum absolute atomic E-state index is 0.757. The van der Waals surface area contributed by atoms with E-state index in [2.05, 4.69) is 4.98 Å². The fourth-order valence-electron chi connectivity index (χ4n) is 0.872. The Balaban J connectivity index is 2.84. The Labute approximate surface area is 65.4 Å². The third kappa shape index (κ3) is 1.77. The molecule has 3 nitrogen and oxygen atoms in total. The van der Waals surface area contributed by atoms with Gasteiger partial charge in [-0.05, 0) is 19.1 Å². The van der Waals surface area contributed by atoms with Gasteiger partial charge >= 0.3 is 0 Å². The molecule has 0 fully saturated rings. The van der Waals surface area contributed by atoms with Gasteiger partial charge in [-0.25, -0.2) is 4.98 Å². The van der Waals surface area contributed by atoms with Gasteiger partial charge in [0.05, 0.1) is 18.2 Å². The lowest BCUT2D eigenvalue weighted by Gasteiger charge is -1.97. The second-order valence-electron chi connectivity index (χ2n) is 2.10. The predicted octanol–water partition coefficient (Wildman–Crippen LogP) is 1.12. The number of imidazole rings is 1. The first-order chi connectivity index (χ1) is 5.38. The number of aromatic nitrogens is 2. The highest BCUT2D eigenvalue weighted by molar-refractivity contribution is 5.72. The van der Waals surface area contributed by atoms with Crippen LogP contribution in [0.1, 0.15) is 12.6 Å². The van der Waals surface area contributed by atoms with Crippen molar-refractivity contribution in [1.29, 1.82) is 0 Å². The van der Waals surface area contributed by atoms with Crippen LogP contribution in [0.3, 0.4) is 0 Å². The molecule has 0 saturated carbocycles. The number of hydrogen-bond acceptors (Lipinski definition) is 2. The molecule has 11 heavy (non-hydrogen) atoms. The number of allylic oxidation sites excluding steroid dienone is 1. The molecule has 1 aromatic rings. The van der Waals surface area contributed by atoms with E-state index in [1.54, 1.807) is 18.6 Å². The Morgan fingerprint density at radius 3 is 3.18 bits per heavy atom. The smallest absolute Gasteiger partial charge is 0.142 e. The van der Waals surface area contributed by atoms with Crippen LogP contribution in [0.15, 0.2) is 18.6 Å². The number of carbonyl (C=O) groups excluding carboxylic acids is 1. The van der Waals surface area contributed by atoms with Gasteiger partial charge in [0.2, 0.25) is 0 Å². The summed E-state index contributed by atoms with van der Waals surface area (Å²) in [6, 6.07) is 0. The molecule has 0 radical (unpaired) electrons. The van der Waals surface area contributed by atoms with Crippen molar-refractivity contribution in [3.63, 3.8) is 0 Å². The summed E-state index contributed by atoms with van der Waals surface area (Å²) in [5, 5.41) is 0. The van der Waals surface area contributed by atoms with E-state index in [0.717, 1.165) is 18.5 Å². The highest BCUT2D eigenvalue weighted by Crippen LogP contribution is 2.00. The van der Waals surface area contributed by atoms with Crippen LogP contribution in [-0.2, 0) is 11.3 Å². The number of rotatable bonds is 3. The third-order valence-corrected chi connectivity index (χ3v) is 1.43. The summed E-state index contributed by atoms with van der Waals surface area (Å²) >= 11 is 0. The maximum atomic E-state index is 9.98. The molecule has 0 unspecified atom stereocenters. The average molecular weight is 150 g/mol. The molecule has 0 spiro atoms. The normalized spacial score (nSPS) is 10.6. The summed E-state index contributed by atoms with van der Waals surface area (Å²) in [7, 11) is 0. The monoisotopic (exact) mass is 150 g/mol. The minimum Gasteiger partial charge on any atom is -0.331 e. The number of nitrogens with zero attached hydrogens (tertiary/aromatic N) is 2. The molecule has 0 atom stereocenters. The summed E-state index contributed by atoms with van der Waals surface area (Å²) in [4.78, 5) is 13.9. The third-order valence-electron chi connectivity index (χ3n) is 1.43. The molecule has 1 heterocycles. The van der Waals surface area contributed by atoms with Gasteiger partial charge in [0.1, 0.15) is 6.29 Å². The summed E-state index contributed by atoms with van der Waals surface area (Å²) in [5.41, 5.74) is 0.958. The van der Waals surface area contributed by atoms with Crippen LogP contribution in [-0.4, -0.2) is 15.8 Å². The Morgan fingerprint density at radius 1 is 1.73 bits per heavy atom. The molecule has 0 aliphatic heterocycles. The number of aldehydes is 1. The van der Waals surface area contributed by atoms with Gasteiger partial charge in [-0.2, -0.15) is 0 Å². The topological polar surface area (TPSA) is 34.9 Å². The van der Waals surface area contributed by atoms with Crippen molar-refractivity contribution < 1.29 is 4.79 Å². The Bertz CT molecular complexity index is 263. The number of carbonyl (C=O) groups is 1. The molecule has 0 amide bonds. The van der Waals surface area contributed by atoms with E-state index in [1.165, 1.54) is 6.08 Å². The number of hydrogen-bond donors (Lipinski definition) is 0. The zero-order valence-electron chi connectivity index (χ0n) is 6.40. The van der Waals surface area contributed by atoms with E-state index in [9.17, 15) is 4.79 Å². The second kappa shape index (κ2) is 3.71. The maximum absolute atomic E-state index is 9.98. The van der Waals surface area contributed by atoms with Gasteiger partial charge in [0.15, 0.2) is 0 Å². The Morgan fingerprint density at radius 2 is 2.55 bits per heavy atom. The average Bonchev–Trinajstić information content (AvgIpc) is 2.47. The maximum Gasteiger partial charge on any atom is 0.142 e. The van der Waals surface area contributed by atoms with Gasteiger partial charge in [-0.1, -0.05) is 0 Å². The fraction of sp³-hybridized carbons (Fsp3) is 0.250. The van der Waals surface area contributed by atoms with Gasteiger partial charge in [-0.3, -0.25) is 4.79 Å². The molecule has 3 heteroatoms. The summed E-state index contributed by atoms with van der Waals surface area (Å²) in [6.07, 6.45) is 7.42. The van der Waals surface area contributed by atoms with Crippen molar-refractivity contribution in [1.82, 2.24) is 9.55 Å². The van der Waals surface area contributed by atoms with Gasteiger partial charge in [-0.15, -0.1) is 0 Å². The molecule has 0 N–H and O–H groups in total. The number of aryl methyl sites for hydroxylation is 1. The van der Waals surface area contributed by atoms with Crippen molar-refractivity contribution in [3.8, 4) is 0 Å². The Hall–Kier alpha value is -1.38. The summed E-state index contributed by atoms with van der Waals surface area (Å²) in [6.45, 7) is 2.90. The molecule has 0 aliphatic carbocycles. The molecule has 0 aliphatic rings. The van der Waals surface area contributed by atoms with Gasteiger partial charge in [0.25, 0.3) is 0 Å². The predicted molar refractivity (Wildman–Crippen MR) is 43.0 cm³/mol. The van der Waals surface area contributed by atoms with E-state index in [1.807, 2.05) is 11.5 Å². The molecule has 0 saturated heterocycles. The quantitative estimate of drug-likeness (QED) is 0.478. The van der Waals surface area contributed by atoms with Crippen LogP contribution < -0.4 is 0 Å². The van der Waals surface area contributed by atoms with Crippen LogP contribution in [0, 0.1) is 0 Å². The van der Waals surface area contributed by atoms with Crippen LogP contribution in [0.25, 0.3) is 6.08 Å². The molecular weight excluding hydrogens is 140 g/mol. The van der Waals surface area contributed by atoms with E-state index in [0.29, 0.717) is 0 Å². The van der Waals surface area contributed by atoms with Crippen molar-refractivity contribution in [2.75, 3.05) is 0 Å². The van der Waals surface area contributed by atoms with Gasteiger partial charge < -0.3 is 4.57 Å². The fourth-order valence-corrected chi connectivity index (χ4v) is 0.872. The molecule has 1 rings (SSSR count). The summed E-state index contributed by atoms with van der Waals surface area (Å²) in [5.74, 6) is 0. The van der Waals surface area contributed by atoms with Crippen LogP contribution in [0.5, 0.6) is 0 Å². The summed E-state index contributed by atoms with van der Waals surface area (Å²) < 4.78 is 1.96. The van der Waals surface area contributed by atoms with Crippen molar-refractivity contribution >= 4 is 12.4 Å². The zero-order chi connectivity index (χ0) is 8.10. The van der Waals surface area contributed by atoms with Crippen molar-refractivity contribution in [2.24, 2.45) is 0 Å². The van der Waals surface area contributed by atoms with E-state index in [-0.39, 0.29) is 0 Å². The van der Waals surface area contributed by atoms with Crippen molar-refractivity contribution in [3.05, 3.63) is 24.3 Å². The van der Waals surface area contributed by atoms with E-state index < -0.39 is 0 Å². The first-order valence-corrected chi connectivity index (χ1v) is 3.50. The molecule has 58 valence electrons. The standard InChI is InChI=1S/C8H10N2O/c1-2-10-7-9-6-8(10)4-3-5-11/h3-7H,2H2,1H3/b4-3+. The highest BCUT2D eigenvalue weighted by Gasteiger charge is 1.92. The Kier molecular flexibility index (Phi) is 2.60. The van der Waals surface area contributed by atoms with Crippen LogP contribution >= 0.6 is 0 Å². The first kappa shape index (κ1) is 7.72.